The number of nitrogens with one attached hydrogen (secondary N) is 6. The van der Waals surface area contributed by atoms with Crippen LogP contribution in [0.1, 0.15) is 65.0 Å². The van der Waals surface area contributed by atoms with Crippen molar-refractivity contribution in [3.05, 3.63) is 88.4 Å². The van der Waals surface area contributed by atoms with Crippen molar-refractivity contribution in [2.24, 2.45) is 5.92 Å². The van der Waals surface area contributed by atoms with E-state index in [0.29, 0.717) is 30.7 Å². The SMILES string of the molecule is C=C1NCC(=O)N[C@@H](CC(C)C)C(=O)NCC(=O)N[C@@H](Cc2ccccc2)C(=O)N[C@@H](CSc2ccc3c(C)cc(=O)oc3c2)[C@H](C(=O)NC(C)(C)C)N2CCC[C@@H]12. The van der Waals surface area contributed by atoms with Crippen LogP contribution in [0, 0.1) is 12.8 Å². The number of aryl methyl sites for hydroxylation is 1. The van der Waals surface area contributed by atoms with Crippen molar-refractivity contribution in [1.82, 2.24) is 36.8 Å². The van der Waals surface area contributed by atoms with Crippen molar-refractivity contribution in [3.63, 3.8) is 0 Å². The summed E-state index contributed by atoms with van der Waals surface area (Å²) in [7, 11) is 0. The molecule has 0 saturated carbocycles. The van der Waals surface area contributed by atoms with Crippen molar-refractivity contribution in [2.75, 3.05) is 25.4 Å². The molecule has 3 aromatic rings. The minimum absolute atomic E-state index is 0.0603. The van der Waals surface area contributed by atoms with Crippen LogP contribution in [0.15, 0.2) is 81.0 Å². The molecule has 0 radical (unpaired) electrons. The van der Waals surface area contributed by atoms with Gasteiger partial charge in [-0.25, -0.2) is 4.79 Å². The van der Waals surface area contributed by atoms with Gasteiger partial charge in [-0.2, -0.15) is 0 Å². The molecule has 1 aromatic heterocycles. The smallest absolute Gasteiger partial charge is 0.336 e. The number of carbonyl (C=O) groups is 5. The number of benzene rings is 2. The second-order valence-electron chi connectivity index (χ2n) is 16.6. The topological polar surface area (TPSA) is 191 Å². The lowest BCUT2D eigenvalue weighted by molar-refractivity contribution is -0.133. The number of hydrogen-bond donors (Lipinski definition) is 6. The van der Waals surface area contributed by atoms with Crippen LogP contribution in [0.2, 0.25) is 0 Å². The first-order valence-electron chi connectivity index (χ1n) is 19.9. The summed E-state index contributed by atoms with van der Waals surface area (Å²) in [6.07, 6.45) is 1.83. The van der Waals surface area contributed by atoms with Gasteiger partial charge in [0.1, 0.15) is 23.7 Å². The van der Waals surface area contributed by atoms with Gasteiger partial charge in [0.2, 0.25) is 29.5 Å². The third-order valence-corrected chi connectivity index (χ3v) is 11.2. The van der Waals surface area contributed by atoms with Crippen LogP contribution in [0.4, 0.5) is 0 Å². The number of fused-ring (bicyclic) bond motifs is 2. The van der Waals surface area contributed by atoms with Gasteiger partial charge in [0.25, 0.3) is 0 Å². The molecule has 3 heterocycles. The van der Waals surface area contributed by atoms with E-state index in [1.165, 1.54) is 17.8 Å². The fraction of sp³-hybridized carbons (Fsp3) is 0.488. The van der Waals surface area contributed by atoms with E-state index < -0.39 is 65.5 Å². The zero-order chi connectivity index (χ0) is 42.1. The Morgan fingerprint density at radius 3 is 2.31 bits per heavy atom. The van der Waals surface area contributed by atoms with E-state index in [1.807, 2.05) is 88.9 Å². The molecule has 2 aromatic carbocycles. The van der Waals surface area contributed by atoms with Crippen LogP contribution in [0.3, 0.4) is 0 Å². The Labute approximate surface area is 344 Å². The first-order chi connectivity index (χ1) is 27.5. The summed E-state index contributed by atoms with van der Waals surface area (Å²) in [5, 5.41) is 18.5. The Kier molecular flexibility index (Phi) is 14.8. The Morgan fingerprint density at radius 2 is 1.62 bits per heavy atom. The van der Waals surface area contributed by atoms with E-state index >= 15 is 0 Å². The Morgan fingerprint density at radius 1 is 0.931 bits per heavy atom. The molecule has 2 saturated heterocycles. The van der Waals surface area contributed by atoms with E-state index in [-0.39, 0.29) is 36.6 Å². The lowest BCUT2D eigenvalue weighted by Gasteiger charge is -2.40. The maximum atomic E-state index is 14.6. The predicted molar refractivity (Wildman–Crippen MR) is 225 cm³/mol. The minimum Gasteiger partial charge on any atom is -0.423 e. The van der Waals surface area contributed by atoms with Crippen LogP contribution >= 0.6 is 11.8 Å². The zero-order valence-electron chi connectivity index (χ0n) is 34.2. The van der Waals surface area contributed by atoms with Gasteiger partial charge in [0.05, 0.1) is 19.1 Å². The van der Waals surface area contributed by atoms with Crippen molar-refractivity contribution in [3.8, 4) is 0 Å². The number of carbonyl (C=O) groups excluding carboxylic acids is 5. The van der Waals surface area contributed by atoms with Crippen LogP contribution in [-0.4, -0.2) is 95.6 Å². The summed E-state index contributed by atoms with van der Waals surface area (Å²) in [5.41, 5.74) is 1.43. The van der Waals surface area contributed by atoms with Crippen LogP contribution in [0.25, 0.3) is 11.0 Å². The molecule has 2 fully saturated rings. The fourth-order valence-electron chi connectivity index (χ4n) is 7.44. The zero-order valence-corrected chi connectivity index (χ0v) is 35.1. The van der Waals surface area contributed by atoms with Gasteiger partial charge in [-0.3, -0.25) is 28.9 Å². The molecule has 15 heteroatoms. The first kappa shape index (κ1) is 44.0. The minimum atomic E-state index is -1.08. The highest BCUT2D eigenvalue weighted by molar-refractivity contribution is 7.99. The molecule has 5 atom stereocenters. The number of thioether (sulfide) groups is 1. The first-order valence-corrected chi connectivity index (χ1v) is 20.8. The maximum absolute atomic E-state index is 14.6. The average molecular weight is 816 g/mol. The van der Waals surface area contributed by atoms with Crippen LogP contribution < -0.4 is 37.5 Å². The summed E-state index contributed by atoms with van der Waals surface area (Å²) >= 11 is 1.39. The van der Waals surface area contributed by atoms with Gasteiger partial charge in [0, 0.05) is 45.8 Å². The maximum Gasteiger partial charge on any atom is 0.336 e. The van der Waals surface area contributed by atoms with Crippen molar-refractivity contribution >= 4 is 52.3 Å². The number of rotatable bonds is 8. The van der Waals surface area contributed by atoms with Crippen molar-refractivity contribution in [1.29, 1.82) is 0 Å². The molecule has 0 bridgehead atoms. The van der Waals surface area contributed by atoms with E-state index in [9.17, 15) is 28.8 Å². The van der Waals surface area contributed by atoms with E-state index in [2.05, 4.69) is 38.5 Å². The second kappa shape index (κ2) is 19.5. The molecule has 0 aliphatic carbocycles. The number of amides is 5. The van der Waals surface area contributed by atoms with E-state index in [4.69, 9.17) is 4.42 Å². The summed E-state index contributed by atoms with van der Waals surface area (Å²) in [6, 6.07) is 12.1. The second-order valence-corrected chi connectivity index (χ2v) is 17.7. The van der Waals surface area contributed by atoms with Crippen LogP contribution in [-0.2, 0) is 30.4 Å². The normalized spacial score (nSPS) is 23.2. The molecule has 312 valence electrons. The highest BCUT2D eigenvalue weighted by Gasteiger charge is 2.43. The fourth-order valence-corrected chi connectivity index (χ4v) is 8.43. The van der Waals surface area contributed by atoms with Gasteiger partial charge in [-0.05, 0) is 88.7 Å². The van der Waals surface area contributed by atoms with Gasteiger partial charge in [-0.1, -0.05) is 50.8 Å². The molecular formula is C43H57N7O7S. The number of hydrogen-bond acceptors (Lipinski definition) is 10. The van der Waals surface area contributed by atoms with Gasteiger partial charge < -0.3 is 36.3 Å². The highest BCUT2D eigenvalue weighted by atomic mass is 32.2. The Hall–Kier alpha value is -5.15. The standard InChI is InChI=1S/C43H57N7O7S/c1-25(2)18-31-40(54)45-23-37(52)47-32(20-28-12-9-8-10-13-28)41(55)48-33(24-58-29-15-16-30-26(3)19-38(53)57-35(30)21-29)39(42(56)49-43(5,6)7)50-17-11-14-34(50)27(4)44-22-36(51)46-31/h8-10,12-13,15-16,19,21,25,31-34,39,44H,4,11,14,17-18,20,22-24H2,1-3,5-7H3,(H,45,54)(H,46,51)(H,47,52)(H,48,55)(H,49,56)/t31-,32-,33-,34-,39+/m0/s1. The van der Waals surface area contributed by atoms with Crippen molar-refractivity contribution in [2.45, 2.75) is 108 Å². The lowest BCUT2D eigenvalue weighted by atomic mass is 10.00. The summed E-state index contributed by atoms with van der Waals surface area (Å²) in [5.74, 6) is -2.10. The Bertz CT molecular complexity index is 2050. The predicted octanol–water partition coefficient (Wildman–Crippen LogP) is 2.92. The third-order valence-electron chi connectivity index (χ3n) is 10.1. The average Bonchev–Trinajstić information content (AvgIpc) is 3.63. The number of nitrogens with zero attached hydrogens (tertiary/aromatic N) is 1. The van der Waals surface area contributed by atoms with Crippen LogP contribution in [0.5, 0.6) is 0 Å². The van der Waals surface area contributed by atoms with Gasteiger partial charge in [0.15, 0.2) is 0 Å². The van der Waals surface area contributed by atoms with E-state index in [0.717, 1.165) is 27.8 Å². The largest absolute Gasteiger partial charge is 0.423 e. The molecule has 58 heavy (non-hydrogen) atoms. The molecule has 2 aliphatic heterocycles. The van der Waals surface area contributed by atoms with E-state index in [1.54, 1.807) is 6.07 Å². The monoisotopic (exact) mass is 815 g/mol. The third kappa shape index (κ3) is 12.2. The van der Waals surface area contributed by atoms with Gasteiger partial charge in [-0.15, -0.1) is 11.8 Å². The summed E-state index contributed by atoms with van der Waals surface area (Å²) < 4.78 is 5.52. The molecule has 2 aliphatic rings. The molecule has 0 spiro atoms. The molecule has 14 nitrogen and oxygen atoms in total. The summed E-state index contributed by atoms with van der Waals surface area (Å²) in [4.78, 5) is 84.3. The molecule has 5 amide bonds. The lowest BCUT2D eigenvalue weighted by Crippen LogP contribution is -2.64. The molecule has 5 rings (SSSR count). The highest BCUT2D eigenvalue weighted by Crippen LogP contribution is 2.30. The quantitative estimate of drug-likeness (QED) is 0.146. The molecule has 0 unspecified atom stereocenters. The van der Waals surface area contributed by atoms with Gasteiger partial charge >= 0.3 is 5.63 Å². The Balaban J connectivity index is 1.56. The summed E-state index contributed by atoms with van der Waals surface area (Å²) in [6.45, 7) is 15.6. The molecule has 6 N–H and O–H groups in total. The van der Waals surface area contributed by atoms with Crippen molar-refractivity contribution < 1.29 is 28.4 Å². The molecular weight excluding hydrogens is 759 g/mol.